The molecule has 0 aliphatic carbocycles. The summed E-state index contributed by atoms with van der Waals surface area (Å²) in [4.78, 5) is 4.31. The highest BCUT2D eigenvalue weighted by molar-refractivity contribution is 5.20. The summed E-state index contributed by atoms with van der Waals surface area (Å²) in [5.41, 5.74) is 1.19. The second-order valence-electron chi connectivity index (χ2n) is 4.05. The van der Waals surface area contributed by atoms with Gasteiger partial charge in [0.05, 0.1) is 6.10 Å². The summed E-state index contributed by atoms with van der Waals surface area (Å²) < 4.78 is 5.63. The first-order valence-electron chi connectivity index (χ1n) is 6.03. The van der Waals surface area contributed by atoms with Crippen molar-refractivity contribution in [3.8, 4) is 5.88 Å². The number of pyridine rings is 1. The van der Waals surface area contributed by atoms with E-state index in [9.17, 15) is 0 Å². The molecule has 0 spiro atoms. The molecule has 2 unspecified atom stereocenters. The van der Waals surface area contributed by atoms with Crippen molar-refractivity contribution in [1.29, 1.82) is 0 Å². The zero-order valence-electron chi connectivity index (χ0n) is 10.7. The maximum atomic E-state index is 5.63. The Morgan fingerprint density at radius 3 is 2.56 bits per heavy atom. The fourth-order valence-electron chi connectivity index (χ4n) is 1.43. The van der Waals surface area contributed by atoms with Gasteiger partial charge in [0.1, 0.15) is 0 Å². The number of hydrogen-bond donors (Lipinski definition) is 1. The van der Waals surface area contributed by atoms with Crippen LogP contribution in [0.15, 0.2) is 18.3 Å². The highest BCUT2D eigenvalue weighted by Gasteiger charge is 2.06. The molecule has 1 heterocycles. The normalized spacial score (nSPS) is 14.5. The minimum Gasteiger partial charge on any atom is -0.475 e. The molecule has 0 fully saturated rings. The number of nitrogens with zero attached hydrogens (tertiary/aromatic N) is 1. The molecule has 0 saturated carbocycles. The van der Waals surface area contributed by atoms with Gasteiger partial charge in [-0.3, -0.25) is 0 Å². The Morgan fingerprint density at radius 2 is 2.06 bits per heavy atom. The van der Waals surface area contributed by atoms with Crippen LogP contribution in [0.5, 0.6) is 5.88 Å². The van der Waals surface area contributed by atoms with E-state index in [-0.39, 0.29) is 6.10 Å². The molecule has 1 aromatic heterocycles. The molecule has 0 amide bonds. The highest BCUT2D eigenvalue weighted by Crippen LogP contribution is 2.15. The van der Waals surface area contributed by atoms with E-state index in [1.54, 1.807) is 0 Å². The van der Waals surface area contributed by atoms with Crippen molar-refractivity contribution in [3.63, 3.8) is 0 Å². The molecule has 0 aromatic carbocycles. The lowest BCUT2D eigenvalue weighted by Crippen LogP contribution is -2.18. The molecule has 2 atom stereocenters. The second kappa shape index (κ2) is 6.48. The van der Waals surface area contributed by atoms with Crippen LogP contribution in [0.4, 0.5) is 0 Å². The van der Waals surface area contributed by atoms with Crippen molar-refractivity contribution in [3.05, 3.63) is 23.9 Å². The first-order valence-corrected chi connectivity index (χ1v) is 6.03. The molecule has 1 aromatic rings. The van der Waals surface area contributed by atoms with E-state index in [1.165, 1.54) is 5.56 Å². The fourth-order valence-corrected chi connectivity index (χ4v) is 1.43. The van der Waals surface area contributed by atoms with Crippen LogP contribution < -0.4 is 10.1 Å². The zero-order chi connectivity index (χ0) is 12.0. The zero-order valence-corrected chi connectivity index (χ0v) is 10.7. The Bertz CT molecular complexity index is 297. The van der Waals surface area contributed by atoms with E-state index in [2.05, 4.69) is 44.1 Å². The lowest BCUT2D eigenvalue weighted by atomic mass is 10.1. The average Bonchev–Trinajstić information content (AvgIpc) is 2.30. The molecule has 0 radical (unpaired) electrons. The van der Waals surface area contributed by atoms with Gasteiger partial charge in [-0.25, -0.2) is 4.98 Å². The summed E-state index contributed by atoms with van der Waals surface area (Å²) in [5, 5.41) is 3.35. The van der Waals surface area contributed by atoms with Crippen molar-refractivity contribution in [2.24, 2.45) is 0 Å². The van der Waals surface area contributed by atoms with Gasteiger partial charge in [-0.05, 0) is 32.4 Å². The third kappa shape index (κ3) is 3.81. The first-order chi connectivity index (χ1) is 7.67. The van der Waals surface area contributed by atoms with Crippen LogP contribution in [-0.4, -0.2) is 17.6 Å². The number of rotatable bonds is 6. The summed E-state index contributed by atoms with van der Waals surface area (Å²) in [6, 6.07) is 4.35. The molecule has 16 heavy (non-hydrogen) atoms. The Morgan fingerprint density at radius 1 is 1.31 bits per heavy atom. The summed E-state index contributed by atoms with van der Waals surface area (Å²) in [6.45, 7) is 9.36. The van der Waals surface area contributed by atoms with Crippen molar-refractivity contribution < 1.29 is 4.74 Å². The van der Waals surface area contributed by atoms with Crippen LogP contribution in [0.3, 0.4) is 0 Å². The first kappa shape index (κ1) is 13.0. The van der Waals surface area contributed by atoms with Gasteiger partial charge in [0.15, 0.2) is 0 Å². The predicted molar refractivity (Wildman–Crippen MR) is 66.7 cm³/mol. The minimum absolute atomic E-state index is 0.226. The van der Waals surface area contributed by atoms with E-state index in [4.69, 9.17) is 4.74 Å². The summed E-state index contributed by atoms with van der Waals surface area (Å²) in [7, 11) is 0. The monoisotopic (exact) mass is 222 g/mol. The molecular formula is C13H22N2O. The summed E-state index contributed by atoms with van der Waals surface area (Å²) in [5.74, 6) is 0.710. The SMILES string of the molecule is CCNC(C)c1ccc(OC(C)CC)nc1. The molecule has 0 aliphatic heterocycles. The van der Waals surface area contributed by atoms with Crippen molar-refractivity contribution >= 4 is 0 Å². The van der Waals surface area contributed by atoms with Crippen LogP contribution in [-0.2, 0) is 0 Å². The van der Waals surface area contributed by atoms with Crippen molar-refractivity contribution in [1.82, 2.24) is 10.3 Å². The maximum Gasteiger partial charge on any atom is 0.213 e. The topological polar surface area (TPSA) is 34.1 Å². The van der Waals surface area contributed by atoms with Crippen LogP contribution in [0.1, 0.15) is 45.7 Å². The third-order valence-electron chi connectivity index (χ3n) is 2.67. The molecule has 3 heteroatoms. The van der Waals surface area contributed by atoms with Gasteiger partial charge in [-0.2, -0.15) is 0 Å². The van der Waals surface area contributed by atoms with Gasteiger partial charge in [0.25, 0.3) is 0 Å². The third-order valence-corrected chi connectivity index (χ3v) is 2.67. The second-order valence-corrected chi connectivity index (χ2v) is 4.05. The van der Waals surface area contributed by atoms with Crippen LogP contribution in [0, 0.1) is 0 Å². The van der Waals surface area contributed by atoms with Crippen molar-refractivity contribution in [2.75, 3.05) is 6.54 Å². The molecular weight excluding hydrogens is 200 g/mol. The van der Waals surface area contributed by atoms with Crippen molar-refractivity contribution in [2.45, 2.75) is 46.3 Å². The van der Waals surface area contributed by atoms with E-state index in [0.29, 0.717) is 11.9 Å². The molecule has 3 nitrogen and oxygen atoms in total. The number of nitrogens with one attached hydrogen (secondary N) is 1. The standard InChI is InChI=1S/C13H22N2O/c1-5-10(3)16-13-8-7-12(9-15-13)11(4)14-6-2/h7-11,14H,5-6H2,1-4H3. The minimum atomic E-state index is 0.226. The maximum absolute atomic E-state index is 5.63. The van der Waals surface area contributed by atoms with Gasteiger partial charge in [0, 0.05) is 18.3 Å². The molecule has 0 aliphatic rings. The molecule has 0 saturated heterocycles. The van der Waals surface area contributed by atoms with Crippen LogP contribution in [0.2, 0.25) is 0 Å². The lowest BCUT2D eigenvalue weighted by Gasteiger charge is -2.14. The lowest BCUT2D eigenvalue weighted by molar-refractivity contribution is 0.208. The molecule has 0 bridgehead atoms. The molecule has 1 N–H and O–H groups in total. The van der Waals surface area contributed by atoms with E-state index >= 15 is 0 Å². The largest absolute Gasteiger partial charge is 0.475 e. The molecule has 1 rings (SSSR count). The fraction of sp³-hybridized carbons (Fsp3) is 0.615. The number of hydrogen-bond acceptors (Lipinski definition) is 3. The van der Waals surface area contributed by atoms with Gasteiger partial charge in [0.2, 0.25) is 5.88 Å². The quantitative estimate of drug-likeness (QED) is 0.803. The van der Waals surface area contributed by atoms with E-state index in [1.807, 2.05) is 12.3 Å². The Hall–Kier alpha value is -1.09. The number of aromatic nitrogens is 1. The van der Waals surface area contributed by atoms with Crippen LogP contribution in [0.25, 0.3) is 0 Å². The Kier molecular flexibility index (Phi) is 5.26. The Balaban J connectivity index is 2.60. The van der Waals surface area contributed by atoms with Gasteiger partial charge >= 0.3 is 0 Å². The highest BCUT2D eigenvalue weighted by atomic mass is 16.5. The smallest absolute Gasteiger partial charge is 0.213 e. The summed E-state index contributed by atoms with van der Waals surface area (Å²) >= 11 is 0. The van der Waals surface area contributed by atoms with E-state index in [0.717, 1.165) is 13.0 Å². The summed E-state index contributed by atoms with van der Waals surface area (Å²) in [6.07, 6.45) is 3.10. The van der Waals surface area contributed by atoms with Crippen LogP contribution >= 0.6 is 0 Å². The average molecular weight is 222 g/mol. The van der Waals surface area contributed by atoms with Gasteiger partial charge in [-0.1, -0.05) is 19.9 Å². The Labute approximate surface area is 98.2 Å². The van der Waals surface area contributed by atoms with E-state index < -0.39 is 0 Å². The molecule has 90 valence electrons. The number of ether oxygens (including phenoxy) is 1. The van der Waals surface area contributed by atoms with Gasteiger partial charge in [-0.15, -0.1) is 0 Å². The van der Waals surface area contributed by atoms with Gasteiger partial charge < -0.3 is 10.1 Å². The predicted octanol–water partition coefficient (Wildman–Crippen LogP) is 2.93.